The predicted molar refractivity (Wildman–Crippen MR) is 97.6 cm³/mol. The molecule has 4 aliphatic rings. The number of allylic oxidation sites excluding steroid dienone is 1. The van der Waals surface area contributed by atoms with Crippen molar-refractivity contribution in [3.05, 3.63) is 11.6 Å². The Morgan fingerprint density at radius 3 is 2.67 bits per heavy atom. The molecule has 0 spiro atoms. The lowest BCUT2D eigenvalue weighted by Gasteiger charge is -2.58. The number of hydrogen-bond donors (Lipinski definition) is 1. The number of halogens is 1. The van der Waals surface area contributed by atoms with Crippen LogP contribution in [0.5, 0.6) is 0 Å². The number of carbonyl (C=O) groups is 3. The van der Waals surface area contributed by atoms with Crippen LogP contribution in [0.25, 0.3) is 0 Å². The number of carbonyl (C=O) groups excluding carboxylic acids is 3. The molecular formula is C22H29FO4. The topological polar surface area (TPSA) is 71.4 Å². The summed E-state index contributed by atoms with van der Waals surface area (Å²) < 4.78 is 13.2. The lowest BCUT2D eigenvalue weighted by Crippen LogP contribution is -2.61. The first-order valence-electron chi connectivity index (χ1n) is 10.2. The minimum Gasteiger partial charge on any atom is -0.381 e. The Morgan fingerprint density at radius 1 is 1.30 bits per heavy atom. The molecule has 3 saturated carbocycles. The Morgan fingerprint density at radius 2 is 2.00 bits per heavy atom. The average Bonchev–Trinajstić information content (AvgIpc) is 2.87. The van der Waals surface area contributed by atoms with Gasteiger partial charge in [-0.25, -0.2) is 4.39 Å². The van der Waals surface area contributed by atoms with E-state index in [4.69, 9.17) is 0 Å². The minimum absolute atomic E-state index is 0.0343. The Hall–Kier alpha value is -1.36. The fourth-order valence-corrected chi connectivity index (χ4v) is 7.30. The van der Waals surface area contributed by atoms with Gasteiger partial charge in [0.05, 0.1) is 0 Å². The molecule has 0 aliphatic heterocycles. The summed E-state index contributed by atoms with van der Waals surface area (Å²) in [5, 5.41) is 11.1. The van der Waals surface area contributed by atoms with Crippen molar-refractivity contribution in [2.24, 2.45) is 34.5 Å². The van der Waals surface area contributed by atoms with E-state index in [0.717, 1.165) is 18.4 Å². The molecule has 1 N–H and O–H groups in total. The number of rotatable bonds is 2. The molecule has 5 heteroatoms. The van der Waals surface area contributed by atoms with Crippen molar-refractivity contribution in [2.45, 2.75) is 64.9 Å². The van der Waals surface area contributed by atoms with Crippen LogP contribution in [-0.4, -0.2) is 34.7 Å². The Balaban J connectivity index is 1.75. The molecule has 0 aromatic carbocycles. The van der Waals surface area contributed by atoms with E-state index >= 15 is 0 Å². The number of hydrogen-bond acceptors (Lipinski definition) is 4. The van der Waals surface area contributed by atoms with E-state index < -0.39 is 23.5 Å². The summed E-state index contributed by atoms with van der Waals surface area (Å²) >= 11 is 0. The molecule has 0 aromatic heterocycles. The Labute approximate surface area is 159 Å². The van der Waals surface area contributed by atoms with Crippen molar-refractivity contribution in [3.63, 3.8) is 0 Å². The van der Waals surface area contributed by atoms with Crippen molar-refractivity contribution in [1.82, 2.24) is 0 Å². The van der Waals surface area contributed by atoms with Gasteiger partial charge in [0.15, 0.2) is 18.2 Å². The first-order chi connectivity index (χ1) is 12.6. The summed E-state index contributed by atoms with van der Waals surface area (Å²) in [6.45, 7) is 4.67. The van der Waals surface area contributed by atoms with Gasteiger partial charge in [0.2, 0.25) is 0 Å². The van der Waals surface area contributed by atoms with Gasteiger partial charge in [0.1, 0.15) is 11.4 Å². The van der Waals surface area contributed by atoms with Crippen molar-refractivity contribution >= 4 is 17.3 Å². The molecule has 4 rings (SSSR count). The highest BCUT2D eigenvalue weighted by molar-refractivity contribution is 5.95. The van der Waals surface area contributed by atoms with Crippen LogP contribution in [0.3, 0.4) is 0 Å². The van der Waals surface area contributed by atoms with Crippen molar-refractivity contribution in [2.75, 3.05) is 6.67 Å². The molecular weight excluding hydrogens is 347 g/mol. The van der Waals surface area contributed by atoms with Gasteiger partial charge in [-0.3, -0.25) is 14.4 Å². The summed E-state index contributed by atoms with van der Waals surface area (Å²) in [7, 11) is 0. The molecule has 0 bridgehead atoms. The number of fused-ring (bicyclic) bond motifs is 5. The molecule has 0 amide bonds. The SMILES string of the molecule is CC1C[C@@]2(C)C(=CC1=O)CC[C@@H]1[C@@H]2C(=O)C[C@@]2(C)[C@H]1CC[C@]2(O)C(=O)CF. The highest BCUT2D eigenvalue weighted by Gasteiger charge is 2.68. The molecule has 7 atom stereocenters. The van der Waals surface area contributed by atoms with Crippen LogP contribution in [0.2, 0.25) is 0 Å². The smallest absolute Gasteiger partial charge is 0.195 e. The number of alkyl halides is 1. The minimum atomic E-state index is -1.74. The second-order valence-electron chi connectivity index (χ2n) is 9.90. The predicted octanol–water partition coefficient (Wildman–Crippen LogP) is 3.21. The van der Waals surface area contributed by atoms with Crippen LogP contribution < -0.4 is 0 Å². The monoisotopic (exact) mass is 376 g/mol. The van der Waals surface area contributed by atoms with Gasteiger partial charge in [-0.15, -0.1) is 0 Å². The maximum Gasteiger partial charge on any atom is 0.195 e. The Bertz CT molecular complexity index is 757. The third-order valence-electron chi connectivity index (χ3n) is 8.70. The Kier molecular flexibility index (Phi) is 4.09. The van der Waals surface area contributed by atoms with E-state index in [2.05, 4.69) is 6.92 Å². The molecule has 0 aromatic rings. The van der Waals surface area contributed by atoms with Crippen molar-refractivity contribution in [3.8, 4) is 0 Å². The number of Topliss-reactive ketones (excluding diaryl/α,β-unsaturated/α-hetero) is 2. The van der Waals surface area contributed by atoms with Crippen LogP contribution in [0.15, 0.2) is 11.6 Å². The van der Waals surface area contributed by atoms with Gasteiger partial charge in [-0.2, -0.15) is 0 Å². The van der Waals surface area contributed by atoms with Crippen molar-refractivity contribution < 1.29 is 23.9 Å². The summed E-state index contributed by atoms with van der Waals surface area (Å²) in [5.41, 5.74) is -1.85. The zero-order valence-electron chi connectivity index (χ0n) is 16.4. The van der Waals surface area contributed by atoms with E-state index in [0.29, 0.717) is 12.8 Å². The van der Waals surface area contributed by atoms with E-state index in [-0.39, 0.29) is 53.5 Å². The van der Waals surface area contributed by atoms with Gasteiger partial charge in [0.25, 0.3) is 0 Å². The van der Waals surface area contributed by atoms with Gasteiger partial charge in [0, 0.05) is 23.7 Å². The van der Waals surface area contributed by atoms with Gasteiger partial charge in [-0.05, 0) is 55.4 Å². The summed E-state index contributed by atoms with van der Waals surface area (Å²) in [6.07, 6.45) is 5.03. The van der Waals surface area contributed by atoms with Crippen LogP contribution in [-0.2, 0) is 14.4 Å². The molecule has 148 valence electrons. The molecule has 4 aliphatic carbocycles. The average molecular weight is 376 g/mol. The van der Waals surface area contributed by atoms with Gasteiger partial charge < -0.3 is 5.11 Å². The highest BCUT2D eigenvalue weighted by Crippen LogP contribution is 2.66. The first kappa shape index (κ1) is 19.0. The van der Waals surface area contributed by atoms with Gasteiger partial charge in [-0.1, -0.05) is 26.3 Å². The quantitative estimate of drug-likeness (QED) is 0.803. The molecule has 1 unspecified atom stereocenters. The van der Waals surface area contributed by atoms with E-state index in [1.54, 1.807) is 6.08 Å². The lowest BCUT2D eigenvalue weighted by molar-refractivity contribution is -0.169. The molecule has 0 saturated heterocycles. The van der Waals surface area contributed by atoms with Crippen LogP contribution >= 0.6 is 0 Å². The van der Waals surface area contributed by atoms with E-state index in [1.807, 2.05) is 13.8 Å². The molecule has 4 nitrogen and oxygen atoms in total. The van der Waals surface area contributed by atoms with Gasteiger partial charge >= 0.3 is 0 Å². The largest absolute Gasteiger partial charge is 0.381 e. The van der Waals surface area contributed by atoms with Crippen molar-refractivity contribution in [1.29, 1.82) is 0 Å². The molecule has 27 heavy (non-hydrogen) atoms. The standard InChI is InChI=1S/C22H29FO4/c1-12-9-20(2)13(8-16(12)24)4-5-14-15-6-7-22(27,18(26)11-23)21(15,3)10-17(25)19(14)20/h8,12,14-15,19,27H,4-7,9-11H2,1-3H3/t12?,14-,15-,19+,20-,21-,22-/m0/s1. The molecule has 0 heterocycles. The number of aliphatic hydroxyl groups is 1. The number of ketones is 3. The first-order valence-corrected chi connectivity index (χ1v) is 10.2. The van der Waals surface area contributed by atoms with Crippen LogP contribution in [0.1, 0.15) is 59.3 Å². The van der Waals surface area contributed by atoms with Crippen LogP contribution in [0.4, 0.5) is 4.39 Å². The normalized spacial score (nSPS) is 49.1. The summed E-state index contributed by atoms with van der Waals surface area (Å²) in [6, 6.07) is 0. The molecule has 0 radical (unpaired) electrons. The van der Waals surface area contributed by atoms with Crippen LogP contribution in [0, 0.1) is 34.5 Å². The van der Waals surface area contributed by atoms with E-state index in [9.17, 15) is 23.9 Å². The zero-order chi connectivity index (χ0) is 19.8. The molecule has 3 fully saturated rings. The maximum atomic E-state index is 13.4. The summed E-state index contributed by atoms with van der Waals surface area (Å²) in [4.78, 5) is 37.8. The lowest BCUT2D eigenvalue weighted by atomic mass is 9.45. The summed E-state index contributed by atoms with van der Waals surface area (Å²) in [5.74, 6) is -0.704. The third-order valence-corrected chi connectivity index (χ3v) is 8.70. The highest BCUT2D eigenvalue weighted by atomic mass is 19.1. The fourth-order valence-electron chi connectivity index (χ4n) is 7.30. The van der Waals surface area contributed by atoms with E-state index in [1.165, 1.54) is 0 Å². The fraction of sp³-hybridized carbons (Fsp3) is 0.773. The zero-order valence-corrected chi connectivity index (χ0v) is 16.4. The second kappa shape index (κ2) is 5.82. The third kappa shape index (κ3) is 2.27. The maximum absolute atomic E-state index is 13.4. The second-order valence-corrected chi connectivity index (χ2v) is 9.90.